The van der Waals surface area contributed by atoms with E-state index in [4.69, 9.17) is 14.5 Å². The first-order valence-corrected chi connectivity index (χ1v) is 9.80. The standard InChI is InChI=1S/C20H19N5O3S/c1-12-18(29-19(22-12)13-5-4-9-21-11-13)15-6-7-16-17(23-15)14(8-10-28-16)24-25(2)20(26)27-3/h4-7,9,11H,8,10H2,1-3H3/b24-14+. The number of methoxy groups -OCH3 is 1. The summed E-state index contributed by atoms with van der Waals surface area (Å²) >= 11 is 1.56. The van der Waals surface area contributed by atoms with Crippen LogP contribution in [0, 0.1) is 6.92 Å². The van der Waals surface area contributed by atoms with Gasteiger partial charge in [0.05, 0.1) is 35.7 Å². The predicted octanol–water partition coefficient (Wildman–Crippen LogP) is 3.76. The number of rotatable bonds is 3. The van der Waals surface area contributed by atoms with E-state index in [-0.39, 0.29) is 0 Å². The lowest BCUT2D eigenvalue weighted by atomic mass is 10.1. The van der Waals surface area contributed by atoms with E-state index in [1.54, 1.807) is 30.8 Å². The van der Waals surface area contributed by atoms with Crippen LogP contribution in [-0.4, -0.2) is 52.5 Å². The van der Waals surface area contributed by atoms with Crippen LogP contribution in [0.25, 0.3) is 21.1 Å². The Morgan fingerprint density at radius 2 is 2.17 bits per heavy atom. The number of pyridine rings is 2. The molecule has 4 rings (SSSR count). The second-order valence-corrected chi connectivity index (χ2v) is 7.36. The summed E-state index contributed by atoms with van der Waals surface area (Å²) in [6, 6.07) is 7.67. The third-order valence-corrected chi connectivity index (χ3v) is 5.60. The highest BCUT2D eigenvalue weighted by atomic mass is 32.1. The third-order valence-electron chi connectivity index (χ3n) is 4.38. The molecule has 0 atom stereocenters. The van der Waals surface area contributed by atoms with Crippen LogP contribution in [0.4, 0.5) is 4.79 Å². The zero-order valence-corrected chi connectivity index (χ0v) is 17.1. The Morgan fingerprint density at radius 1 is 1.31 bits per heavy atom. The SMILES string of the molecule is COC(=O)N(C)/N=C1\CCOc2ccc(-c3sc(-c4cccnc4)nc3C)nc21. The molecule has 0 aromatic carbocycles. The van der Waals surface area contributed by atoms with E-state index in [1.807, 2.05) is 31.2 Å². The normalized spacial score (nSPS) is 14.2. The molecular weight excluding hydrogens is 390 g/mol. The molecule has 3 aromatic heterocycles. The lowest BCUT2D eigenvalue weighted by Gasteiger charge is -2.20. The van der Waals surface area contributed by atoms with Gasteiger partial charge in [0.25, 0.3) is 0 Å². The van der Waals surface area contributed by atoms with E-state index in [0.717, 1.165) is 31.8 Å². The van der Waals surface area contributed by atoms with Gasteiger partial charge in [0, 0.05) is 31.4 Å². The molecule has 4 heterocycles. The molecule has 0 N–H and O–H groups in total. The van der Waals surface area contributed by atoms with Gasteiger partial charge in [-0.25, -0.2) is 19.8 Å². The first-order chi connectivity index (χ1) is 14.1. The Hall–Kier alpha value is -3.33. The molecule has 9 heteroatoms. The van der Waals surface area contributed by atoms with Crippen molar-refractivity contribution >= 4 is 23.1 Å². The van der Waals surface area contributed by atoms with Crippen LogP contribution in [0.15, 0.2) is 41.8 Å². The number of aryl methyl sites for hydroxylation is 1. The Kier molecular flexibility index (Phi) is 5.22. The maximum absolute atomic E-state index is 11.7. The van der Waals surface area contributed by atoms with Gasteiger partial charge in [-0.2, -0.15) is 5.10 Å². The monoisotopic (exact) mass is 409 g/mol. The summed E-state index contributed by atoms with van der Waals surface area (Å²) in [5, 5.41) is 6.42. The first kappa shape index (κ1) is 19.0. The smallest absolute Gasteiger partial charge is 0.429 e. The molecule has 29 heavy (non-hydrogen) atoms. The molecule has 3 aromatic rings. The highest BCUT2D eigenvalue weighted by molar-refractivity contribution is 7.18. The molecule has 0 spiro atoms. The summed E-state index contributed by atoms with van der Waals surface area (Å²) in [4.78, 5) is 26.3. The molecule has 0 saturated carbocycles. The Balaban J connectivity index is 1.73. The van der Waals surface area contributed by atoms with Crippen LogP contribution >= 0.6 is 11.3 Å². The van der Waals surface area contributed by atoms with Crippen molar-refractivity contribution in [2.24, 2.45) is 5.10 Å². The van der Waals surface area contributed by atoms with Crippen molar-refractivity contribution < 1.29 is 14.3 Å². The van der Waals surface area contributed by atoms with E-state index in [0.29, 0.717) is 30.2 Å². The van der Waals surface area contributed by atoms with Crippen molar-refractivity contribution in [1.29, 1.82) is 0 Å². The molecule has 0 fully saturated rings. The van der Waals surface area contributed by atoms with Gasteiger partial charge in [-0.3, -0.25) is 4.98 Å². The zero-order valence-electron chi connectivity index (χ0n) is 16.2. The Morgan fingerprint density at radius 3 is 2.93 bits per heavy atom. The topological polar surface area (TPSA) is 89.8 Å². The van der Waals surface area contributed by atoms with E-state index in [1.165, 1.54) is 7.11 Å². The lowest BCUT2D eigenvalue weighted by Crippen LogP contribution is -2.26. The van der Waals surface area contributed by atoms with Crippen LogP contribution in [-0.2, 0) is 4.74 Å². The Labute approximate surface area is 171 Å². The van der Waals surface area contributed by atoms with Gasteiger partial charge in [-0.1, -0.05) is 0 Å². The molecule has 0 bridgehead atoms. The molecule has 0 unspecified atom stereocenters. The number of hydrogen-bond donors (Lipinski definition) is 0. The predicted molar refractivity (Wildman–Crippen MR) is 110 cm³/mol. The summed E-state index contributed by atoms with van der Waals surface area (Å²) in [5.41, 5.74) is 3.95. The van der Waals surface area contributed by atoms with Gasteiger partial charge in [-0.05, 0) is 31.2 Å². The van der Waals surface area contributed by atoms with E-state index in [9.17, 15) is 4.79 Å². The number of aromatic nitrogens is 3. The maximum Gasteiger partial charge on any atom is 0.429 e. The average molecular weight is 409 g/mol. The molecular formula is C20H19N5O3S. The fraction of sp³-hybridized carbons (Fsp3) is 0.250. The molecule has 148 valence electrons. The number of hydrogen-bond acceptors (Lipinski definition) is 8. The number of nitrogens with zero attached hydrogens (tertiary/aromatic N) is 5. The quantitative estimate of drug-likeness (QED) is 0.612. The number of fused-ring (bicyclic) bond motifs is 1. The fourth-order valence-corrected chi connectivity index (χ4v) is 4.00. The van der Waals surface area contributed by atoms with E-state index < -0.39 is 6.09 Å². The molecule has 0 radical (unpaired) electrons. The largest absolute Gasteiger partial charge is 0.491 e. The minimum Gasteiger partial charge on any atom is -0.491 e. The van der Waals surface area contributed by atoms with Crippen molar-refractivity contribution in [2.75, 3.05) is 20.8 Å². The minimum absolute atomic E-state index is 0.479. The van der Waals surface area contributed by atoms with Gasteiger partial charge in [0.2, 0.25) is 0 Å². The summed E-state index contributed by atoms with van der Waals surface area (Å²) < 4.78 is 10.4. The van der Waals surface area contributed by atoms with Gasteiger partial charge in [0.15, 0.2) is 0 Å². The van der Waals surface area contributed by atoms with Crippen molar-refractivity contribution in [2.45, 2.75) is 13.3 Å². The number of ether oxygens (including phenoxy) is 2. The van der Waals surface area contributed by atoms with Gasteiger partial charge in [-0.15, -0.1) is 11.3 Å². The van der Waals surface area contributed by atoms with Crippen LogP contribution in [0.3, 0.4) is 0 Å². The number of carbonyl (C=O) groups is 1. The highest BCUT2D eigenvalue weighted by Gasteiger charge is 2.22. The fourth-order valence-electron chi connectivity index (χ4n) is 2.97. The second-order valence-electron chi connectivity index (χ2n) is 6.36. The maximum atomic E-state index is 11.7. The zero-order chi connectivity index (χ0) is 20.4. The van der Waals surface area contributed by atoms with Crippen LogP contribution in [0.1, 0.15) is 17.8 Å². The summed E-state index contributed by atoms with van der Waals surface area (Å²) in [6.07, 6.45) is 3.54. The summed E-state index contributed by atoms with van der Waals surface area (Å²) in [6.45, 7) is 2.44. The van der Waals surface area contributed by atoms with Gasteiger partial charge >= 0.3 is 6.09 Å². The first-order valence-electron chi connectivity index (χ1n) is 8.98. The van der Waals surface area contributed by atoms with Gasteiger partial charge in [0.1, 0.15) is 16.5 Å². The summed E-state index contributed by atoms with van der Waals surface area (Å²) in [5.74, 6) is 0.645. The number of carbonyl (C=O) groups excluding carboxylic acids is 1. The van der Waals surface area contributed by atoms with E-state index in [2.05, 4.69) is 15.1 Å². The van der Waals surface area contributed by atoms with Crippen molar-refractivity contribution in [3.05, 3.63) is 48.0 Å². The molecule has 1 amide bonds. The van der Waals surface area contributed by atoms with Crippen LogP contribution < -0.4 is 4.74 Å². The van der Waals surface area contributed by atoms with Crippen molar-refractivity contribution in [3.8, 4) is 26.9 Å². The number of hydrazone groups is 1. The third kappa shape index (κ3) is 3.81. The lowest BCUT2D eigenvalue weighted by molar-refractivity contribution is 0.134. The second kappa shape index (κ2) is 7.96. The van der Waals surface area contributed by atoms with E-state index >= 15 is 0 Å². The minimum atomic E-state index is -0.541. The van der Waals surface area contributed by atoms with Crippen molar-refractivity contribution in [1.82, 2.24) is 20.0 Å². The highest BCUT2D eigenvalue weighted by Crippen LogP contribution is 2.36. The number of thiazole rings is 1. The average Bonchev–Trinajstić information content (AvgIpc) is 3.15. The summed E-state index contributed by atoms with van der Waals surface area (Å²) in [7, 11) is 2.87. The van der Waals surface area contributed by atoms with Gasteiger partial charge < -0.3 is 9.47 Å². The molecule has 0 aliphatic carbocycles. The number of amides is 1. The Bertz CT molecular complexity index is 1080. The van der Waals surface area contributed by atoms with Crippen LogP contribution in [0.2, 0.25) is 0 Å². The molecule has 1 aliphatic rings. The van der Waals surface area contributed by atoms with Crippen molar-refractivity contribution in [3.63, 3.8) is 0 Å². The van der Waals surface area contributed by atoms with Crippen LogP contribution in [0.5, 0.6) is 5.75 Å². The molecule has 1 aliphatic heterocycles. The molecule has 8 nitrogen and oxygen atoms in total. The molecule has 0 saturated heterocycles.